The van der Waals surface area contributed by atoms with E-state index in [9.17, 15) is 8.42 Å². The molecule has 1 rings (SSSR count). The van der Waals surface area contributed by atoms with E-state index in [2.05, 4.69) is 15.0 Å². The molecule has 0 heterocycles. The molecular formula is C13H21Cl2IN4O2S. The van der Waals surface area contributed by atoms with Gasteiger partial charge in [-0.15, -0.1) is 24.0 Å². The van der Waals surface area contributed by atoms with Gasteiger partial charge in [-0.05, 0) is 17.7 Å². The van der Waals surface area contributed by atoms with Gasteiger partial charge >= 0.3 is 0 Å². The van der Waals surface area contributed by atoms with Gasteiger partial charge in [0.25, 0.3) is 0 Å². The average Bonchev–Trinajstić information content (AvgIpc) is 2.41. The quantitative estimate of drug-likeness (QED) is 0.275. The van der Waals surface area contributed by atoms with Crippen LogP contribution in [0.25, 0.3) is 0 Å². The van der Waals surface area contributed by atoms with Crippen molar-refractivity contribution in [1.29, 1.82) is 0 Å². The molecule has 0 atom stereocenters. The van der Waals surface area contributed by atoms with Crippen molar-refractivity contribution in [3.8, 4) is 0 Å². The van der Waals surface area contributed by atoms with Gasteiger partial charge in [-0.25, -0.2) is 13.1 Å². The van der Waals surface area contributed by atoms with Crippen LogP contribution in [0.2, 0.25) is 10.0 Å². The van der Waals surface area contributed by atoms with Crippen molar-refractivity contribution in [1.82, 2.24) is 14.9 Å². The summed E-state index contributed by atoms with van der Waals surface area (Å²) < 4.78 is 24.4. The summed E-state index contributed by atoms with van der Waals surface area (Å²) in [5, 5.41) is 4.10. The van der Waals surface area contributed by atoms with Crippen LogP contribution < -0.4 is 10.0 Å². The van der Waals surface area contributed by atoms with Crippen LogP contribution in [0.4, 0.5) is 0 Å². The summed E-state index contributed by atoms with van der Waals surface area (Å²) in [5.41, 5.74) is 0.995. The fourth-order valence-corrected chi connectivity index (χ4v) is 2.58. The summed E-state index contributed by atoms with van der Waals surface area (Å²) in [5.74, 6) is 0.654. The molecule has 0 aliphatic rings. The van der Waals surface area contributed by atoms with Crippen molar-refractivity contribution in [3.63, 3.8) is 0 Å². The van der Waals surface area contributed by atoms with Crippen molar-refractivity contribution in [2.45, 2.75) is 6.54 Å². The van der Waals surface area contributed by atoms with Crippen LogP contribution >= 0.6 is 47.2 Å². The van der Waals surface area contributed by atoms with Gasteiger partial charge in [-0.1, -0.05) is 29.3 Å². The minimum Gasteiger partial charge on any atom is -0.355 e. The summed E-state index contributed by atoms with van der Waals surface area (Å²) in [6.45, 7) is 1.32. The van der Waals surface area contributed by atoms with Crippen LogP contribution in [0, 0.1) is 0 Å². The van der Waals surface area contributed by atoms with Gasteiger partial charge in [0.2, 0.25) is 10.0 Å². The highest BCUT2D eigenvalue weighted by atomic mass is 127. The van der Waals surface area contributed by atoms with E-state index < -0.39 is 10.0 Å². The van der Waals surface area contributed by atoms with Crippen LogP contribution in [0.5, 0.6) is 0 Å². The smallest absolute Gasteiger partial charge is 0.208 e. The molecule has 0 spiro atoms. The lowest BCUT2D eigenvalue weighted by atomic mass is 10.2. The molecule has 1 aromatic carbocycles. The molecule has 0 unspecified atom stereocenters. The number of benzene rings is 1. The van der Waals surface area contributed by atoms with Crippen LogP contribution in [0.1, 0.15) is 5.56 Å². The first-order chi connectivity index (χ1) is 10.2. The molecular weight excluding hydrogens is 474 g/mol. The third kappa shape index (κ3) is 8.94. The Morgan fingerprint density at radius 3 is 2.43 bits per heavy atom. The highest BCUT2D eigenvalue weighted by Crippen LogP contribution is 2.23. The summed E-state index contributed by atoms with van der Waals surface area (Å²) in [6.07, 6.45) is 1.12. The molecule has 23 heavy (non-hydrogen) atoms. The summed E-state index contributed by atoms with van der Waals surface area (Å²) in [6, 6.07) is 5.45. The molecule has 0 radical (unpaired) electrons. The number of nitrogens with one attached hydrogen (secondary N) is 2. The maximum absolute atomic E-state index is 11.0. The molecule has 132 valence electrons. The van der Waals surface area contributed by atoms with Gasteiger partial charge in [-0.2, -0.15) is 0 Å². The molecule has 10 heteroatoms. The van der Waals surface area contributed by atoms with Crippen molar-refractivity contribution in [3.05, 3.63) is 33.8 Å². The monoisotopic (exact) mass is 494 g/mol. The van der Waals surface area contributed by atoms with Gasteiger partial charge in [-0.3, -0.25) is 4.99 Å². The molecule has 1 aromatic rings. The maximum atomic E-state index is 11.0. The zero-order valence-corrected chi connectivity index (χ0v) is 17.8. The molecule has 0 fully saturated rings. The molecule has 0 bridgehead atoms. The Kier molecular flexibility index (Phi) is 10.4. The first kappa shape index (κ1) is 22.7. The van der Waals surface area contributed by atoms with Gasteiger partial charge in [0.15, 0.2) is 5.96 Å². The van der Waals surface area contributed by atoms with Gasteiger partial charge in [0, 0.05) is 33.7 Å². The van der Waals surface area contributed by atoms with Gasteiger partial charge < -0.3 is 10.2 Å². The second kappa shape index (κ2) is 10.5. The Morgan fingerprint density at radius 1 is 1.26 bits per heavy atom. The van der Waals surface area contributed by atoms with Crippen molar-refractivity contribution >= 4 is 63.2 Å². The van der Waals surface area contributed by atoms with Crippen LogP contribution in [-0.2, 0) is 16.6 Å². The highest BCUT2D eigenvalue weighted by Gasteiger charge is 2.08. The Balaban J connectivity index is 0.00000484. The summed E-state index contributed by atoms with van der Waals surface area (Å²) in [4.78, 5) is 6.06. The van der Waals surface area contributed by atoms with E-state index in [4.69, 9.17) is 23.2 Å². The molecule has 0 amide bonds. The Morgan fingerprint density at radius 2 is 1.91 bits per heavy atom. The van der Waals surface area contributed by atoms with Gasteiger partial charge in [0.1, 0.15) is 0 Å². The first-order valence-electron chi connectivity index (χ1n) is 6.53. The lowest BCUT2D eigenvalue weighted by Crippen LogP contribution is -2.42. The third-order valence-electron chi connectivity index (χ3n) is 2.75. The van der Waals surface area contributed by atoms with E-state index in [1.807, 2.05) is 18.0 Å². The minimum atomic E-state index is -3.18. The SMILES string of the molecule is CN=C(NCCNS(C)(=O)=O)N(C)Cc1ccc(Cl)c(Cl)c1.I. The predicted molar refractivity (Wildman–Crippen MR) is 108 cm³/mol. The van der Waals surface area contributed by atoms with Crippen molar-refractivity contribution < 1.29 is 8.42 Å². The summed E-state index contributed by atoms with van der Waals surface area (Å²) in [7, 11) is 0.364. The van der Waals surface area contributed by atoms with E-state index >= 15 is 0 Å². The molecule has 0 saturated carbocycles. The molecule has 0 aliphatic carbocycles. The summed E-state index contributed by atoms with van der Waals surface area (Å²) >= 11 is 11.9. The number of hydrogen-bond acceptors (Lipinski definition) is 3. The van der Waals surface area contributed by atoms with E-state index in [0.717, 1.165) is 11.8 Å². The van der Waals surface area contributed by atoms with E-state index in [1.165, 1.54) is 0 Å². The Bertz CT molecular complexity index is 641. The molecule has 0 aliphatic heterocycles. The maximum Gasteiger partial charge on any atom is 0.208 e. The normalized spacial score (nSPS) is 11.8. The molecule has 2 N–H and O–H groups in total. The van der Waals surface area contributed by atoms with E-state index in [0.29, 0.717) is 35.6 Å². The number of hydrogen-bond donors (Lipinski definition) is 2. The second-order valence-corrected chi connectivity index (χ2v) is 7.39. The standard InChI is InChI=1S/C13H20Cl2N4O2S.HI/c1-16-13(17-6-7-18-22(3,20)21)19(2)9-10-4-5-11(14)12(15)8-10;/h4-5,8,18H,6-7,9H2,1-3H3,(H,16,17);1H. The van der Waals surface area contributed by atoms with E-state index in [1.54, 1.807) is 19.2 Å². The number of guanidine groups is 1. The largest absolute Gasteiger partial charge is 0.355 e. The third-order valence-corrected chi connectivity index (χ3v) is 4.22. The van der Waals surface area contributed by atoms with Crippen LogP contribution in [0.15, 0.2) is 23.2 Å². The number of nitrogens with zero attached hydrogens (tertiary/aromatic N) is 2. The second-order valence-electron chi connectivity index (χ2n) is 4.75. The molecule has 6 nitrogen and oxygen atoms in total. The molecule has 0 aromatic heterocycles. The fraction of sp³-hybridized carbons (Fsp3) is 0.462. The van der Waals surface area contributed by atoms with E-state index in [-0.39, 0.29) is 24.0 Å². The minimum absolute atomic E-state index is 0. The lowest BCUT2D eigenvalue weighted by Gasteiger charge is -2.22. The number of rotatable bonds is 6. The Labute approximate surface area is 164 Å². The lowest BCUT2D eigenvalue weighted by molar-refractivity contribution is 0.477. The molecule has 0 saturated heterocycles. The fourth-order valence-electron chi connectivity index (χ4n) is 1.78. The van der Waals surface area contributed by atoms with Crippen LogP contribution in [0.3, 0.4) is 0 Å². The number of aliphatic imine (C=N–C) groups is 1. The number of halogens is 3. The van der Waals surface area contributed by atoms with Crippen molar-refractivity contribution in [2.75, 3.05) is 33.4 Å². The first-order valence-corrected chi connectivity index (χ1v) is 9.18. The average molecular weight is 495 g/mol. The predicted octanol–water partition coefficient (Wildman–Crippen LogP) is 2.17. The Hall–Kier alpha value is -0.290. The highest BCUT2D eigenvalue weighted by molar-refractivity contribution is 14.0. The van der Waals surface area contributed by atoms with Gasteiger partial charge in [0.05, 0.1) is 16.3 Å². The topological polar surface area (TPSA) is 73.8 Å². The van der Waals surface area contributed by atoms with Crippen LogP contribution in [-0.4, -0.2) is 52.7 Å². The number of sulfonamides is 1. The zero-order chi connectivity index (χ0) is 16.8. The van der Waals surface area contributed by atoms with Crippen molar-refractivity contribution in [2.24, 2.45) is 4.99 Å². The zero-order valence-electron chi connectivity index (χ0n) is 13.1.